The minimum atomic E-state index is 0.327. The monoisotopic (exact) mass is 376 g/mol. The Labute approximate surface area is 163 Å². The Kier molecular flexibility index (Phi) is 4.92. The van der Waals surface area contributed by atoms with Crippen LogP contribution in [0.3, 0.4) is 0 Å². The molecule has 3 aromatic heterocycles. The number of hydrogen-bond acceptors (Lipinski definition) is 6. The molecule has 0 saturated carbocycles. The Balaban J connectivity index is 1.60. The molecule has 0 fully saturated rings. The van der Waals surface area contributed by atoms with Gasteiger partial charge in [-0.15, -0.1) is 0 Å². The zero-order valence-electron chi connectivity index (χ0n) is 16.3. The largest absolute Gasteiger partial charge is 0.354 e. The zero-order chi connectivity index (χ0) is 19.5. The predicted octanol–water partition coefficient (Wildman–Crippen LogP) is 3.68. The normalized spacial score (nSPS) is 11.3. The number of nitrogens with zero attached hydrogens (tertiary/aromatic N) is 5. The molecule has 3 heterocycles. The third kappa shape index (κ3) is 3.53. The zero-order valence-corrected chi connectivity index (χ0v) is 16.3. The van der Waals surface area contributed by atoms with Gasteiger partial charge in [0.15, 0.2) is 5.65 Å². The number of benzene rings is 1. The first kappa shape index (κ1) is 18.0. The first-order chi connectivity index (χ1) is 13.7. The van der Waals surface area contributed by atoms with E-state index < -0.39 is 0 Å². The van der Waals surface area contributed by atoms with Crippen LogP contribution in [-0.2, 0) is 6.54 Å². The molecule has 0 amide bonds. The van der Waals surface area contributed by atoms with E-state index in [1.165, 1.54) is 0 Å². The fraction of sp³-hybridized carbons (Fsp3) is 0.300. The van der Waals surface area contributed by atoms with Gasteiger partial charge in [0.2, 0.25) is 11.9 Å². The van der Waals surface area contributed by atoms with Gasteiger partial charge >= 0.3 is 0 Å². The molecule has 4 rings (SSSR count). The molecule has 0 aliphatic rings. The average Bonchev–Trinajstić information content (AvgIpc) is 3.34. The first-order valence-electron chi connectivity index (χ1n) is 9.48. The number of nitrogens with one attached hydrogen (secondary N) is 3. The van der Waals surface area contributed by atoms with E-state index in [2.05, 4.69) is 61.6 Å². The molecule has 4 aromatic rings. The van der Waals surface area contributed by atoms with E-state index >= 15 is 0 Å². The smallest absolute Gasteiger partial charge is 0.229 e. The van der Waals surface area contributed by atoms with Crippen molar-refractivity contribution in [2.24, 2.45) is 0 Å². The molecule has 0 aliphatic heterocycles. The molecular formula is C20H24N8. The fourth-order valence-electron chi connectivity index (χ4n) is 3.03. The van der Waals surface area contributed by atoms with E-state index in [-0.39, 0.29) is 0 Å². The van der Waals surface area contributed by atoms with Crippen molar-refractivity contribution in [2.45, 2.75) is 33.2 Å². The highest BCUT2D eigenvalue weighted by Crippen LogP contribution is 2.22. The predicted molar refractivity (Wildman–Crippen MR) is 110 cm³/mol. The van der Waals surface area contributed by atoms with Crippen molar-refractivity contribution in [1.82, 2.24) is 29.5 Å². The summed E-state index contributed by atoms with van der Waals surface area (Å²) in [4.78, 5) is 17.0. The van der Waals surface area contributed by atoms with E-state index in [0.717, 1.165) is 34.8 Å². The topological polar surface area (TPSA) is 95.8 Å². The fourth-order valence-corrected chi connectivity index (χ4v) is 3.03. The average molecular weight is 376 g/mol. The standard InChI is InChI=1S/C20H24N8/c1-4-21-19-26-18-15(13(2)3)10-24-28(18)20(27-19)23-12-17-22-11-16(25-17)14-8-6-5-7-9-14/h5-11,13H,4,12H2,1-3H3,(H,22,25)(H2,21,23,26,27). The summed E-state index contributed by atoms with van der Waals surface area (Å²) < 4.78 is 1.75. The summed E-state index contributed by atoms with van der Waals surface area (Å²) in [5, 5.41) is 11.0. The second-order valence-electron chi connectivity index (χ2n) is 6.85. The van der Waals surface area contributed by atoms with E-state index in [1.807, 2.05) is 37.5 Å². The Morgan fingerprint density at radius 3 is 2.64 bits per heavy atom. The van der Waals surface area contributed by atoms with Crippen LogP contribution < -0.4 is 10.6 Å². The summed E-state index contributed by atoms with van der Waals surface area (Å²) in [5.41, 5.74) is 4.00. The first-order valence-corrected chi connectivity index (χ1v) is 9.48. The van der Waals surface area contributed by atoms with Crippen LogP contribution in [-0.4, -0.2) is 36.1 Å². The van der Waals surface area contributed by atoms with Gasteiger partial charge < -0.3 is 15.6 Å². The summed E-state index contributed by atoms with van der Waals surface area (Å²) in [6.07, 6.45) is 3.70. The third-order valence-electron chi connectivity index (χ3n) is 4.48. The molecule has 0 saturated heterocycles. The summed E-state index contributed by atoms with van der Waals surface area (Å²) in [6, 6.07) is 10.1. The summed E-state index contributed by atoms with van der Waals surface area (Å²) in [6.45, 7) is 7.54. The van der Waals surface area contributed by atoms with Gasteiger partial charge in [-0.1, -0.05) is 44.2 Å². The number of anilines is 2. The van der Waals surface area contributed by atoms with Gasteiger partial charge in [-0.25, -0.2) is 4.98 Å². The number of fused-ring (bicyclic) bond motifs is 1. The number of rotatable bonds is 7. The molecule has 0 unspecified atom stereocenters. The van der Waals surface area contributed by atoms with Crippen molar-refractivity contribution in [1.29, 1.82) is 0 Å². The molecular weight excluding hydrogens is 352 g/mol. The maximum atomic E-state index is 4.62. The molecule has 3 N–H and O–H groups in total. The van der Waals surface area contributed by atoms with E-state index in [0.29, 0.717) is 24.4 Å². The quantitative estimate of drug-likeness (QED) is 0.455. The molecule has 0 bridgehead atoms. The highest BCUT2D eigenvalue weighted by molar-refractivity contribution is 5.58. The van der Waals surface area contributed by atoms with Gasteiger partial charge in [0.25, 0.3) is 0 Å². The van der Waals surface area contributed by atoms with Gasteiger partial charge in [-0.2, -0.15) is 19.6 Å². The number of H-pyrrole nitrogens is 1. The lowest BCUT2D eigenvalue weighted by atomic mass is 10.1. The van der Waals surface area contributed by atoms with Crippen molar-refractivity contribution >= 4 is 17.5 Å². The molecule has 1 aromatic carbocycles. The van der Waals surface area contributed by atoms with Gasteiger partial charge in [0.05, 0.1) is 24.6 Å². The maximum absolute atomic E-state index is 4.62. The van der Waals surface area contributed by atoms with Crippen LogP contribution >= 0.6 is 0 Å². The molecule has 28 heavy (non-hydrogen) atoms. The molecule has 0 aliphatic carbocycles. The molecule has 0 atom stereocenters. The number of imidazole rings is 1. The summed E-state index contributed by atoms with van der Waals surface area (Å²) >= 11 is 0. The Hall–Kier alpha value is -3.42. The van der Waals surface area contributed by atoms with Crippen LogP contribution in [0.25, 0.3) is 16.9 Å². The number of hydrogen-bond donors (Lipinski definition) is 3. The van der Waals surface area contributed by atoms with Crippen LogP contribution in [0.1, 0.15) is 38.1 Å². The van der Waals surface area contributed by atoms with Gasteiger partial charge in [0.1, 0.15) is 5.82 Å². The molecule has 8 nitrogen and oxygen atoms in total. The van der Waals surface area contributed by atoms with E-state index in [1.54, 1.807) is 4.52 Å². The van der Waals surface area contributed by atoms with Crippen molar-refractivity contribution in [2.75, 3.05) is 17.2 Å². The van der Waals surface area contributed by atoms with Crippen molar-refractivity contribution in [3.05, 3.63) is 54.1 Å². The molecule has 0 radical (unpaired) electrons. The van der Waals surface area contributed by atoms with Gasteiger partial charge in [0, 0.05) is 12.1 Å². The SMILES string of the molecule is CCNc1nc(NCc2ncc(-c3ccccc3)[nH]2)n2ncc(C(C)C)c2n1. The number of aromatic amines is 1. The lowest BCUT2D eigenvalue weighted by Gasteiger charge is -2.10. The summed E-state index contributed by atoms with van der Waals surface area (Å²) in [5.74, 6) is 2.37. The Bertz CT molecular complexity index is 1060. The molecule has 0 spiro atoms. The lowest BCUT2D eigenvalue weighted by molar-refractivity contribution is 0.859. The highest BCUT2D eigenvalue weighted by Gasteiger charge is 2.15. The van der Waals surface area contributed by atoms with Crippen LogP contribution in [0.4, 0.5) is 11.9 Å². The van der Waals surface area contributed by atoms with Crippen molar-refractivity contribution in [3.63, 3.8) is 0 Å². The van der Waals surface area contributed by atoms with Crippen LogP contribution in [0, 0.1) is 0 Å². The Morgan fingerprint density at radius 1 is 1.07 bits per heavy atom. The van der Waals surface area contributed by atoms with E-state index in [9.17, 15) is 0 Å². The number of aromatic nitrogens is 6. The second kappa shape index (κ2) is 7.67. The van der Waals surface area contributed by atoms with Crippen LogP contribution in [0.15, 0.2) is 42.7 Å². The summed E-state index contributed by atoms with van der Waals surface area (Å²) in [7, 11) is 0. The second-order valence-corrected chi connectivity index (χ2v) is 6.85. The third-order valence-corrected chi connectivity index (χ3v) is 4.48. The maximum Gasteiger partial charge on any atom is 0.229 e. The Morgan fingerprint density at radius 2 is 1.89 bits per heavy atom. The minimum absolute atomic E-state index is 0.327. The van der Waals surface area contributed by atoms with Crippen molar-refractivity contribution in [3.8, 4) is 11.3 Å². The van der Waals surface area contributed by atoms with Gasteiger partial charge in [-0.05, 0) is 18.4 Å². The van der Waals surface area contributed by atoms with Gasteiger partial charge in [-0.3, -0.25) is 0 Å². The highest BCUT2D eigenvalue weighted by atomic mass is 15.4. The van der Waals surface area contributed by atoms with E-state index in [4.69, 9.17) is 0 Å². The van der Waals surface area contributed by atoms with Crippen molar-refractivity contribution < 1.29 is 0 Å². The molecule has 144 valence electrons. The molecule has 8 heteroatoms. The van der Waals surface area contributed by atoms with Crippen LogP contribution in [0.2, 0.25) is 0 Å². The van der Waals surface area contributed by atoms with Crippen LogP contribution in [0.5, 0.6) is 0 Å². The lowest BCUT2D eigenvalue weighted by Crippen LogP contribution is -2.12. The minimum Gasteiger partial charge on any atom is -0.354 e.